The van der Waals surface area contributed by atoms with Crippen LogP contribution < -0.4 is 4.90 Å². The lowest BCUT2D eigenvalue weighted by Crippen LogP contribution is -2.53. The molecule has 1 aliphatic carbocycles. The van der Waals surface area contributed by atoms with E-state index >= 15 is 0 Å². The Labute approximate surface area is 124 Å². The van der Waals surface area contributed by atoms with Crippen LogP contribution in [-0.4, -0.2) is 29.6 Å². The number of anilines is 1. The number of Topliss-reactive ketones (excluding diaryl/α,β-unsaturated/α-hetero) is 1. The van der Waals surface area contributed by atoms with Crippen LogP contribution in [0.4, 0.5) is 10.1 Å². The highest BCUT2D eigenvalue weighted by Gasteiger charge is 2.43. The molecule has 2 fully saturated rings. The normalized spacial score (nSPS) is 29.1. The van der Waals surface area contributed by atoms with Crippen LogP contribution in [-0.2, 0) is 0 Å². The number of hydrogen-bond donors (Lipinski definition) is 1. The molecular weight excluding hydrogens is 269 g/mol. The van der Waals surface area contributed by atoms with Gasteiger partial charge in [0.2, 0.25) is 0 Å². The first-order chi connectivity index (χ1) is 9.99. The van der Waals surface area contributed by atoms with Gasteiger partial charge in [-0.05, 0) is 44.4 Å². The van der Waals surface area contributed by atoms with E-state index in [1.165, 1.54) is 13.0 Å². The summed E-state index contributed by atoms with van der Waals surface area (Å²) in [6.07, 6.45) is 4.82. The zero-order valence-electron chi connectivity index (χ0n) is 12.4. The van der Waals surface area contributed by atoms with Gasteiger partial charge in [-0.2, -0.15) is 0 Å². The number of halogens is 1. The fraction of sp³-hybridized carbons (Fsp3) is 0.588. The van der Waals surface area contributed by atoms with Gasteiger partial charge in [0.05, 0.1) is 11.3 Å². The third kappa shape index (κ3) is 2.69. The SMILES string of the molecule is CC(=O)c1ccc(N2CCC3(O)CCCCC3C2)c(F)c1. The molecule has 0 radical (unpaired) electrons. The second-order valence-corrected chi connectivity index (χ2v) is 6.46. The average molecular weight is 291 g/mol. The smallest absolute Gasteiger partial charge is 0.159 e. The minimum atomic E-state index is -0.551. The van der Waals surface area contributed by atoms with Gasteiger partial charge >= 0.3 is 0 Å². The van der Waals surface area contributed by atoms with Gasteiger partial charge in [-0.25, -0.2) is 4.39 Å². The van der Waals surface area contributed by atoms with Crippen LogP contribution in [0.5, 0.6) is 0 Å². The first kappa shape index (κ1) is 14.5. The molecular formula is C17H22FNO2. The topological polar surface area (TPSA) is 40.5 Å². The molecule has 0 aromatic heterocycles. The Bertz CT molecular complexity index is 560. The van der Waals surface area contributed by atoms with Crippen molar-refractivity contribution in [3.8, 4) is 0 Å². The summed E-state index contributed by atoms with van der Waals surface area (Å²) in [4.78, 5) is 13.3. The minimum Gasteiger partial charge on any atom is -0.389 e. The van der Waals surface area contributed by atoms with E-state index in [4.69, 9.17) is 0 Å². The van der Waals surface area contributed by atoms with Gasteiger partial charge in [0.15, 0.2) is 5.78 Å². The predicted molar refractivity (Wildman–Crippen MR) is 80.1 cm³/mol. The number of nitrogens with zero attached hydrogens (tertiary/aromatic N) is 1. The maximum absolute atomic E-state index is 14.3. The van der Waals surface area contributed by atoms with Gasteiger partial charge in [0.25, 0.3) is 0 Å². The largest absolute Gasteiger partial charge is 0.389 e. The Morgan fingerprint density at radius 2 is 2.19 bits per heavy atom. The molecule has 1 N–H and O–H groups in total. The summed E-state index contributed by atoms with van der Waals surface area (Å²) in [5.41, 5.74) is 0.403. The molecule has 0 bridgehead atoms. The summed E-state index contributed by atoms with van der Waals surface area (Å²) < 4.78 is 14.3. The molecule has 2 aliphatic rings. The molecule has 4 heteroatoms. The van der Waals surface area contributed by atoms with Crippen LogP contribution in [0.2, 0.25) is 0 Å². The van der Waals surface area contributed by atoms with Crippen molar-refractivity contribution < 1.29 is 14.3 Å². The monoisotopic (exact) mass is 291 g/mol. The second-order valence-electron chi connectivity index (χ2n) is 6.46. The average Bonchev–Trinajstić information content (AvgIpc) is 2.46. The van der Waals surface area contributed by atoms with Crippen molar-refractivity contribution in [2.24, 2.45) is 5.92 Å². The Kier molecular flexibility index (Phi) is 3.74. The summed E-state index contributed by atoms with van der Waals surface area (Å²) in [7, 11) is 0. The predicted octanol–water partition coefficient (Wildman–Crippen LogP) is 3.16. The van der Waals surface area contributed by atoms with Crippen molar-refractivity contribution in [1.82, 2.24) is 0 Å². The fourth-order valence-electron chi connectivity index (χ4n) is 3.77. The van der Waals surface area contributed by atoms with Crippen LogP contribution in [0.3, 0.4) is 0 Å². The highest BCUT2D eigenvalue weighted by molar-refractivity contribution is 5.94. The highest BCUT2D eigenvalue weighted by Crippen LogP contribution is 2.41. The highest BCUT2D eigenvalue weighted by atomic mass is 19.1. The van der Waals surface area contributed by atoms with Gasteiger partial charge in [0, 0.05) is 24.6 Å². The number of aliphatic hydroxyl groups is 1. The summed E-state index contributed by atoms with van der Waals surface area (Å²) in [6.45, 7) is 2.81. The van der Waals surface area contributed by atoms with E-state index in [0.29, 0.717) is 30.8 Å². The van der Waals surface area contributed by atoms with Gasteiger partial charge < -0.3 is 10.0 Å². The molecule has 2 atom stereocenters. The van der Waals surface area contributed by atoms with Gasteiger partial charge in [-0.1, -0.05) is 12.8 Å². The lowest BCUT2D eigenvalue weighted by atomic mass is 9.71. The molecule has 1 aliphatic heterocycles. The van der Waals surface area contributed by atoms with Crippen molar-refractivity contribution in [1.29, 1.82) is 0 Å². The molecule has 114 valence electrons. The number of hydrogen-bond acceptors (Lipinski definition) is 3. The van der Waals surface area contributed by atoms with Crippen LogP contribution in [0, 0.1) is 11.7 Å². The molecule has 3 nitrogen and oxygen atoms in total. The van der Waals surface area contributed by atoms with E-state index in [0.717, 1.165) is 25.7 Å². The lowest BCUT2D eigenvalue weighted by Gasteiger charge is -2.48. The summed E-state index contributed by atoms with van der Waals surface area (Å²) in [5, 5.41) is 10.7. The third-order valence-electron chi connectivity index (χ3n) is 5.12. The second kappa shape index (κ2) is 5.41. The van der Waals surface area contributed by atoms with Crippen molar-refractivity contribution in [3.63, 3.8) is 0 Å². The molecule has 0 amide bonds. The third-order valence-corrected chi connectivity index (χ3v) is 5.12. The van der Waals surface area contributed by atoms with E-state index in [-0.39, 0.29) is 17.5 Å². The molecule has 1 aromatic rings. The van der Waals surface area contributed by atoms with Gasteiger partial charge in [0.1, 0.15) is 5.82 Å². The quantitative estimate of drug-likeness (QED) is 0.851. The zero-order chi connectivity index (χ0) is 15.0. The molecule has 1 saturated heterocycles. The first-order valence-corrected chi connectivity index (χ1v) is 7.77. The van der Waals surface area contributed by atoms with Gasteiger partial charge in [-0.15, -0.1) is 0 Å². The van der Waals surface area contributed by atoms with E-state index in [1.807, 2.05) is 4.90 Å². The number of ketones is 1. The molecule has 1 aromatic carbocycles. The summed E-state index contributed by atoms with van der Waals surface area (Å²) >= 11 is 0. The molecule has 3 rings (SSSR count). The summed E-state index contributed by atoms with van der Waals surface area (Å²) in [5.74, 6) is -0.239. The Morgan fingerprint density at radius 3 is 2.90 bits per heavy atom. The van der Waals surface area contributed by atoms with Crippen molar-refractivity contribution in [2.45, 2.75) is 44.6 Å². The molecule has 1 heterocycles. The standard InChI is InChI=1S/C17H22FNO2/c1-12(20)13-5-6-16(15(18)10-13)19-9-8-17(21)7-3-2-4-14(17)11-19/h5-6,10,14,21H,2-4,7-9,11H2,1H3. The molecule has 21 heavy (non-hydrogen) atoms. The first-order valence-electron chi connectivity index (χ1n) is 7.77. The zero-order valence-corrected chi connectivity index (χ0v) is 12.4. The van der Waals surface area contributed by atoms with Crippen molar-refractivity contribution >= 4 is 11.5 Å². The maximum Gasteiger partial charge on any atom is 0.159 e. The molecule has 0 spiro atoms. The Hall–Kier alpha value is -1.42. The van der Waals surface area contributed by atoms with E-state index in [9.17, 15) is 14.3 Å². The van der Waals surface area contributed by atoms with Crippen LogP contribution >= 0.6 is 0 Å². The number of carbonyl (C=O) groups is 1. The number of fused-ring (bicyclic) bond motifs is 1. The molecule has 1 saturated carbocycles. The summed E-state index contributed by atoms with van der Waals surface area (Å²) in [6, 6.07) is 4.70. The van der Waals surface area contributed by atoms with E-state index in [1.54, 1.807) is 12.1 Å². The van der Waals surface area contributed by atoms with E-state index in [2.05, 4.69) is 0 Å². The minimum absolute atomic E-state index is 0.124. The number of rotatable bonds is 2. The van der Waals surface area contributed by atoms with Gasteiger partial charge in [-0.3, -0.25) is 4.79 Å². The lowest BCUT2D eigenvalue weighted by molar-refractivity contribution is -0.0613. The molecule has 2 unspecified atom stereocenters. The fourth-order valence-corrected chi connectivity index (χ4v) is 3.77. The number of carbonyl (C=O) groups excluding carboxylic acids is 1. The number of benzene rings is 1. The Balaban J connectivity index is 1.81. The maximum atomic E-state index is 14.3. The van der Waals surface area contributed by atoms with Crippen LogP contribution in [0.25, 0.3) is 0 Å². The number of piperidine rings is 1. The van der Waals surface area contributed by atoms with E-state index < -0.39 is 5.60 Å². The van der Waals surface area contributed by atoms with Crippen LogP contribution in [0.1, 0.15) is 49.4 Å². The van der Waals surface area contributed by atoms with Crippen LogP contribution in [0.15, 0.2) is 18.2 Å². The van der Waals surface area contributed by atoms with Crippen molar-refractivity contribution in [2.75, 3.05) is 18.0 Å². The van der Waals surface area contributed by atoms with Crippen molar-refractivity contribution in [3.05, 3.63) is 29.6 Å². The Morgan fingerprint density at radius 1 is 1.38 bits per heavy atom.